The lowest BCUT2D eigenvalue weighted by Gasteiger charge is -2.21. The minimum absolute atomic E-state index is 0.211. The monoisotopic (exact) mass is 286 g/mol. The molecule has 0 aromatic heterocycles. The molecule has 0 aliphatic carbocycles. The van der Waals surface area contributed by atoms with Crippen molar-refractivity contribution in [1.29, 1.82) is 0 Å². The van der Waals surface area contributed by atoms with E-state index in [1.165, 1.54) is 6.07 Å². The molecule has 0 spiro atoms. The van der Waals surface area contributed by atoms with Gasteiger partial charge in [0.1, 0.15) is 5.82 Å². The second-order valence-electron chi connectivity index (χ2n) is 4.88. The molecule has 0 saturated heterocycles. The predicted octanol–water partition coefficient (Wildman–Crippen LogP) is 3.26. The van der Waals surface area contributed by atoms with Gasteiger partial charge < -0.3 is 10.6 Å². The lowest BCUT2D eigenvalue weighted by molar-refractivity contribution is 0.0988. The third-order valence-electron chi connectivity index (χ3n) is 3.46. The summed E-state index contributed by atoms with van der Waals surface area (Å²) >= 11 is 0. The molecule has 2 rings (SSSR count). The molecule has 0 radical (unpaired) electrons. The fraction of sp³-hybridized carbons (Fsp3) is 0.235. The summed E-state index contributed by atoms with van der Waals surface area (Å²) in [7, 11) is 0. The van der Waals surface area contributed by atoms with Gasteiger partial charge in [0.25, 0.3) is 5.91 Å². The van der Waals surface area contributed by atoms with Crippen LogP contribution in [-0.2, 0) is 6.54 Å². The molecule has 0 aliphatic rings. The number of carbonyl (C=O) groups is 1. The molecule has 0 aliphatic heterocycles. The number of hydrogen-bond acceptors (Lipinski definition) is 2. The Morgan fingerprint density at radius 1 is 1.19 bits per heavy atom. The molecule has 0 unspecified atom stereocenters. The summed E-state index contributed by atoms with van der Waals surface area (Å²) in [6.07, 6.45) is 0. The van der Waals surface area contributed by atoms with Gasteiger partial charge in [0.2, 0.25) is 0 Å². The maximum absolute atomic E-state index is 13.6. The molecular weight excluding hydrogens is 267 g/mol. The minimum Gasteiger partial charge on any atom is -0.326 e. The minimum atomic E-state index is -0.365. The first-order valence-corrected chi connectivity index (χ1v) is 6.93. The Labute approximate surface area is 124 Å². The van der Waals surface area contributed by atoms with E-state index in [-0.39, 0.29) is 11.7 Å². The summed E-state index contributed by atoms with van der Waals surface area (Å²) in [5.74, 6) is -0.577. The van der Waals surface area contributed by atoms with Gasteiger partial charge in [-0.1, -0.05) is 18.2 Å². The largest absolute Gasteiger partial charge is 0.326 e. The molecule has 0 atom stereocenters. The molecule has 21 heavy (non-hydrogen) atoms. The van der Waals surface area contributed by atoms with Crippen LogP contribution in [-0.4, -0.2) is 12.5 Å². The first-order valence-electron chi connectivity index (χ1n) is 6.93. The fourth-order valence-corrected chi connectivity index (χ4v) is 2.14. The molecule has 1 amide bonds. The lowest BCUT2D eigenvalue weighted by Crippen LogP contribution is -2.30. The smallest absolute Gasteiger partial charge is 0.258 e. The molecule has 2 N–H and O–H groups in total. The van der Waals surface area contributed by atoms with Crippen molar-refractivity contribution in [3.05, 3.63) is 65.0 Å². The van der Waals surface area contributed by atoms with Gasteiger partial charge in [0.05, 0.1) is 0 Å². The second kappa shape index (κ2) is 6.50. The van der Waals surface area contributed by atoms with Crippen LogP contribution < -0.4 is 10.6 Å². The van der Waals surface area contributed by atoms with E-state index >= 15 is 0 Å². The molecule has 0 saturated carbocycles. The highest BCUT2D eigenvalue weighted by atomic mass is 19.1. The summed E-state index contributed by atoms with van der Waals surface area (Å²) in [4.78, 5) is 14.1. The fourth-order valence-electron chi connectivity index (χ4n) is 2.14. The maximum Gasteiger partial charge on any atom is 0.258 e. The number of rotatable bonds is 4. The van der Waals surface area contributed by atoms with Gasteiger partial charge in [-0.05, 0) is 49.2 Å². The van der Waals surface area contributed by atoms with Crippen molar-refractivity contribution in [3.63, 3.8) is 0 Å². The number of carbonyl (C=O) groups excluding carboxylic acids is 1. The van der Waals surface area contributed by atoms with Gasteiger partial charge in [-0.2, -0.15) is 0 Å². The first kappa shape index (κ1) is 15.2. The van der Waals surface area contributed by atoms with Crippen molar-refractivity contribution in [2.75, 3.05) is 11.4 Å². The molecule has 2 aromatic rings. The Balaban J connectivity index is 2.30. The highest BCUT2D eigenvalue weighted by Crippen LogP contribution is 2.19. The van der Waals surface area contributed by atoms with Gasteiger partial charge >= 0.3 is 0 Å². The van der Waals surface area contributed by atoms with Crippen molar-refractivity contribution in [2.45, 2.75) is 20.4 Å². The van der Waals surface area contributed by atoms with E-state index < -0.39 is 0 Å². The number of nitrogens with two attached hydrogens (primary N) is 1. The zero-order valence-electron chi connectivity index (χ0n) is 12.3. The van der Waals surface area contributed by atoms with Crippen LogP contribution in [0, 0.1) is 12.7 Å². The van der Waals surface area contributed by atoms with Gasteiger partial charge in [-0.25, -0.2) is 4.39 Å². The summed E-state index contributed by atoms with van der Waals surface area (Å²) in [6.45, 7) is 4.53. The Morgan fingerprint density at radius 2 is 1.86 bits per heavy atom. The second-order valence-corrected chi connectivity index (χ2v) is 4.88. The van der Waals surface area contributed by atoms with Gasteiger partial charge in [-0.15, -0.1) is 0 Å². The normalized spacial score (nSPS) is 10.5. The quantitative estimate of drug-likeness (QED) is 0.937. The summed E-state index contributed by atoms with van der Waals surface area (Å²) in [5.41, 5.74) is 8.23. The van der Waals surface area contributed by atoms with E-state index in [1.807, 2.05) is 31.2 Å². The van der Waals surface area contributed by atoms with E-state index in [1.54, 1.807) is 24.0 Å². The zero-order valence-corrected chi connectivity index (χ0v) is 12.3. The Kier molecular flexibility index (Phi) is 4.70. The van der Waals surface area contributed by atoms with Gasteiger partial charge in [0.15, 0.2) is 0 Å². The van der Waals surface area contributed by atoms with Crippen LogP contribution >= 0.6 is 0 Å². The van der Waals surface area contributed by atoms with Crippen molar-refractivity contribution in [2.24, 2.45) is 5.73 Å². The standard InChI is InChI=1S/C17H19FN2O/c1-3-20(15-8-5-13(11-19)6-9-15)17(21)14-7-4-12(2)16(18)10-14/h4-10H,3,11,19H2,1-2H3. The molecule has 0 bridgehead atoms. The third-order valence-corrected chi connectivity index (χ3v) is 3.46. The SMILES string of the molecule is CCN(C(=O)c1ccc(C)c(F)c1)c1ccc(CN)cc1. The van der Waals surface area contributed by atoms with Crippen LogP contribution in [0.1, 0.15) is 28.4 Å². The Bertz CT molecular complexity index is 638. The average molecular weight is 286 g/mol. The van der Waals surface area contributed by atoms with Crippen LogP contribution in [0.5, 0.6) is 0 Å². The van der Waals surface area contributed by atoms with Crippen LogP contribution in [0.2, 0.25) is 0 Å². The predicted molar refractivity (Wildman–Crippen MR) is 82.8 cm³/mol. The van der Waals surface area contributed by atoms with Crippen molar-refractivity contribution < 1.29 is 9.18 Å². The number of amides is 1. The molecule has 2 aromatic carbocycles. The molecule has 0 fully saturated rings. The highest BCUT2D eigenvalue weighted by Gasteiger charge is 2.17. The number of halogens is 1. The number of hydrogen-bond donors (Lipinski definition) is 1. The molecule has 4 heteroatoms. The van der Waals surface area contributed by atoms with Crippen LogP contribution in [0.4, 0.5) is 10.1 Å². The molecular formula is C17H19FN2O. The van der Waals surface area contributed by atoms with Crippen molar-refractivity contribution in [1.82, 2.24) is 0 Å². The average Bonchev–Trinajstić information content (AvgIpc) is 2.51. The van der Waals surface area contributed by atoms with Gasteiger partial charge in [-0.3, -0.25) is 4.79 Å². The summed E-state index contributed by atoms with van der Waals surface area (Å²) < 4.78 is 13.6. The topological polar surface area (TPSA) is 46.3 Å². The first-order chi connectivity index (χ1) is 10.1. The van der Waals surface area contributed by atoms with E-state index in [0.717, 1.165) is 11.3 Å². The van der Waals surface area contributed by atoms with Crippen LogP contribution in [0.25, 0.3) is 0 Å². The third kappa shape index (κ3) is 3.28. The molecule has 3 nitrogen and oxygen atoms in total. The number of nitrogens with zero attached hydrogens (tertiary/aromatic N) is 1. The van der Waals surface area contributed by atoms with E-state index in [0.29, 0.717) is 24.2 Å². The lowest BCUT2D eigenvalue weighted by atomic mass is 10.1. The van der Waals surface area contributed by atoms with Gasteiger partial charge in [0, 0.05) is 24.3 Å². The van der Waals surface area contributed by atoms with Crippen molar-refractivity contribution in [3.8, 4) is 0 Å². The van der Waals surface area contributed by atoms with E-state index in [4.69, 9.17) is 5.73 Å². The van der Waals surface area contributed by atoms with Crippen LogP contribution in [0.3, 0.4) is 0 Å². The number of aryl methyl sites for hydroxylation is 1. The van der Waals surface area contributed by atoms with E-state index in [2.05, 4.69) is 0 Å². The summed E-state index contributed by atoms with van der Waals surface area (Å²) in [6, 6.07) is 12.0. The molecule has 0 heterocycles. The number of benzene rings is 2. The molecule has 110 valence electrons. The zero-order chi connectivity index (χ0) is 15.4. The van der Waals surface area contributed by atoms with E-state index in [9.17, 15) is 9.18 Å². The highest BCUT2D eigenvalue weighted by molar-refractivity contribution is 6.06. The Hall–Kier alpha value is -2.20. The van der Waals surface area contributed by atoms with Crippen LogP contribution in [0.15, 0.2) is 42.5 Å². The summed E-state index contributed by atoms with van der Waals surface area (Å²) in [5, 5.41) is 0. The Morgan fingerprint density at radius 3 is 2.38 bits per heavy atom. The number of anilines is 1. The van der Waals surface area contributed by atoms with Crippen molar-refractivity contribution >= 4 is 11.6 Å². The maximum atomic E-state index is 13.6.